The van der Waals surface area contributed by atoms with Gasteiger partial charge in [-0.25, -0.2) is 4.79 Å². The standard InChI is InChI=1S/C16H19NO3/c1-3-12(11-7-5-4-6-8-11)15(17)13-9-10-14(20-13)16(18)19-2/h4-10,12,15H,3,17H2,1-2H3. The zero-order valence-corrected chi connectivity index (χ0v) is 11.7. The lowest BCUT2D eigenvalue weighted by Gasteiger charge is -2.21. The van der Waals surface area contributed by atoms with Crippen LogP contribution in [0.25, 0.3) is 0 Å². The molecule has 4 nitrogen and oxygen atoms in total. The monoisotopic (exact) mass is 273 g/mol. The van der Waals surface area contributed by atoms with Crippen molar-refractivity contribution in [3.63, 3.8) is 0 Å². The highest BCUT2D eigenvalue weighted by atomic mass is 16.5. The molecule has 0 fully saturated rings. The Hall–Kier alpha value is -2.07. The van der Waals surface area contributed by atoms with Gasteiger partial charge in [-0.3, -0.25) is 0 Å². The summed E-state index contributed by atoms with van der Waals surface area (Å²) in [5.41, 5.74) is 7.46. The minimum absolute atomic E-state index is 0.146. The third-order valence-electron chi connectivity index (χ3n) is 3.44. The molecule has 0 saturated carbocycles. The number of benzene rings is 1. The number of nitrogens with two attached hydrogens (primary N) is 1. The number of esters is 1. The predicted octanol–water partition coefficient (Wildman–Crippen LogP) is 3.26. The maximum atomic E-state index is 11.4. The van der Waals surface area contributed by atoms with Crippen molar-refractivity contribution < 1.29 is 13.9 Å². The van der Waals surface area contributed by atoms with Crippen LogP contribution in [-0.2, 0) is 4.74 Å². The second-order valence-electron chi connectivity index (χ2n) is 4.64. The fourth-order valence-electron chi connectivity index (χ4n) is 2.34. The van der Waals surface area contributed by atoms with Crippen LogP contribution in [0.4, 0.5) is 0 Å². The molecule has 106 valence electrons. The number of hydrogen-bond donors (Lipinski definition) is 1. The molecule has 0 amide bonds. The van der Waals surface area contributed by atoms with Crippen LogP contribution in [0, 0.1) is 0 Å². The Morgan fingerprint density at radius 2 is 1.95 bits per heavy atom. The highest BCUT2D eigenvalue weighted by Gasteiger charge is 2.23. The summed E-state index contributed by atoms with van der Waals surface area (Å²) >= 11 is 0. The number of carbonyl (C=O) groups is 1. The van der Waals surface area contributed by atoms with Crippen molar-refractivity contribution in [2.45, 2.75) is 25.3 Å². The van der Waals surface area contributed by atoms with Gasteiger partial charge in [-0.1, -0.05) is 37.3 Å². The maximum Gasteiger partial charge on any atom is 0.373 e. The molecule has 2 unspecified atom stereocenters. The van der Waals surface area contributed by atoms with E-state index in [-0.39, 0.29) is 17.7 Å². The Kier molecular flexibility index (Phi) is 4.58. The van der Waals surface area contributed by atoms with E-state index in [0.717, 1.165) is 6.42 Å². The van der Waals surface area contributed by atoms with Gasteiger partial charge < -0.3 is 14.9 Å². The van der Waals surface area contributed by atoms with Crippen LogP contribution in [0.3, 0.4) is 0 Å². The first-order valence-electron chi connectivity index (χ1n) is 6.66. The summed E-state index contributed by atoms with van der Waals surface area (Å²) in [5, 5.41) is 0. The third kappa shape index (κ3) is 2.91. The normalized spacial score (nSPS) is 13.8. The van der Waals surface area contributed by atoms with E-state index in [1.807, 2.05) is 18.2 Å². The number of rotatable bonds is 5. The summed E-state index contributed by atoms with van der Waals surface area (Å²) in [7, 11) is 1.32. The fourth-order valence-corrected chi connectivity index (χ4v) is 2.34. The quantitative estimate of drug-likeness (QED) is 0.849. The molecule has 0 aliphatic carbocycles. The van der Waals surface area contributed by atoms with E-state index in [1.54, 1.807) is 12.1 Å². The van der Waals surface area contributed by atoms with Crippen molar-refractivity contribution in [3.05, 3.63) is 59.5 Å². The molecule has 2 atom stereocenters. The topological polar surface area (TPSA) is 65.5 Å². The molecule has 2 aromatic rings. The third-order valence-corrected chi connectivity index (χ3v) is 3.44. The second-order valence-corrected chi connectivity index (χ2v) is 4.64. The molecule has 20 heavy (non-hydrogen) atoms. The Morgan fingerprint density at radius 3 is 2.55 bits per heavy atom. The predicted molar refractivity (Wildman–Crippen MR) is 76.4 cm³/mol. The lowest BCUT2D eigenvalue weighted by Crippen LogP contribution is -2.19. The number of carbonyl (C=O) groups excluding carboxylic acids is 1. The van der Waals surface area contributed by atoms with Crippen LogP contribution < -0.4 is 5.73 Å². The van der Waals surface area contributed by atoms with E-state index in [2.05, 4.69) is 23.8 Å². The highest BCUT2D eigenvalue weighted by Crippen LogP contribution is 2.32. The Balaban J connectivity index is 2.23. The molecule has 1 aromatic carbocycles. The average molecular weight is 273 g/mol. The summed E-state index contributed by atoms with van der Waals surface area (Å²) in [5.74, 6) is 0.436. The molecule has 0 saturated heterocycles. The lowest BCUT2D eigenvalue weighted by molar-refractivity contribution is 0.0562. The SMILES string of the molecule is CCC(c1ccccc1)C(N)c1ccc(C(=O)OC)o1. The van der Waals surface area contributed by atoms with E-state index < -0.39 is 5.97 Å². The molecule has 0 bridgehead atoms. The molecule has 0 radical (unpaired) electrons. The average Bonchev–Trinajstić information content (AvgIpc) is 2.98. The Morgan fingerprint density at radius 1 is 1.25 bits per heavy atom. The van der Waals surface area contributed by atoms with Crippen LogP contribution in [0.2, 0.25) is 0 Å². The van der Waals surface area contributed by atoms with E-state index in [9.17, 15) is 4.79 Å². The van der Waals surface area contributed by atoms with Gasteiger partial charge in [-0.2, -0.15) is 0 Å². The van der Waals surface area contributed by atoms with Gasteiger partial charge in [0.05, 0.1) is 13.2 Å². The van der Waals surface area contributed by atoms with E-state index in [4.69, 9.17) is 10.2 Å². The summed E-state index contributed by atoms with van der Waals surface area (Å²) in [4.78, 5) is 11.4. The van der Waals surface area contributed by atoms with Gasteiger partial charge in [-0.15, -0.1) is 0 Å². The molecule has 0 aliphatic rings. The van der Waals surface area contributed by atoms with Crippen molar-refractivity contribution in [1.29, 1.82) is 0 Å². The zero-order valence-electron chi connectivity index (χ0n) is 11.7. The number of methoxy groups -OCH3 is 1. The summed E-state index contributed by atoms with van der Waals surface area (Å²) in [6.07, 6.45) is 0.888. The highest BCUT2D eigenvalue weighted by molar-refractivity contribution is 5.86. The second kappa shape index (κ2) is 6.39. The van der Waals surface area contributed by atoms with Crippen LogP contribution in [0.1, 0.15) is 47.2 Å². The van der Waals surface area contributed by atoms with Gasteiger partial charge >= 0.3 is 5.97 Å². The van der Waals surface area contributed by atoms with Crippen molar-refractivity contribution in [2.75, 3.05) is 7.11 Å². The Labute approximate surface area is 118 Å². The van der Waals surface area contributed by atoms with Crippen molar-refractivity contribution >= 4 is 5.97 Å². The largest absolute Gasteiger partial charge is 0.463 e. The van der Waals surface area contributed by atoms with E-state index in [1.165, 1.54) is 12.7 Å². The summed E-state index contributed by atoms with van der Waals surface area (Å²) in [6, 6.07) is 13.1. The summed E-state index contributed by atoms with van der Waals surface area (Å²) < 4.78 is 10.1. The van der Waals surface area contributed by atoms with Crippen LogP contribution in [0.5, 0.6) is 0 Å². The fraction of sp³-hybridized carbons (Fsp3) is 0.312. The van der Waals surface area contributed by atoms with Crippen LogP contribution in [0.15, 0.2) is 46.9 Å². The molecule has 2 N–H and O–H groups in total. The Bertz CT molecular complexity index is 562. The van der Waals surface area contributed by atoms with E-state index >= 15 is 0 Å². The maximum absolute atomic E-state index is 11.4. The first kappa shape index (κ1) is 14.3. The number of ether oxygens (including phenoxy) is 1. The van der Waals surface area contributed by atoms with Crippen LogP contribution >= 0.6 is 0 Å². The molecule has 1 aromatic heterocycles. The van der Waals surface area contributed by atoms with Crippen molar-refractivity contribution in [2.24, 2.45) is 5.73 Å². The van der Waals surface area contributed by atoms with Crippen molar-refractivity contribution in [1.82, 2.24) is 0 Å². The van der Waals surface area contributed by atoms with Gasteiger partial charge in [-0.05, 0) is 24.1 Å². The smallest absolute Gasteiger partial charge is 0.373 e. The minimum Gasteiger partial charge on any atom is -0.463 e. The van der Waals surface area contributed by atoms with Crippen molar-refractivity contribution in [3.8, 4) is 0 Å². The number of hydrogen-bond acceptors (Lipinski definition) is 4. The first-order chi connectivity index (χ1) is 9.67. The van der Waals surface area contributed by atoms with Gasteiger partial charge in [0.25, 0.3) is 0 Å². The van der Waals surface area contributed by atoms with Gasteiger partial charge in [0.15, 0.2) is 0 Å². The first-order valence-corrected chi connectivity index (χ1v) is 6.66. The zero-order chi connectivity index (χ0) is 14.5. The molecular weight excluding hydrogens is 254 g/mol. The minimum atomic E-state index is -0.490. The van der Waals surface area contributed by atoms with E-state index in [0.29, 0.717) is 5.76 Å². The molecule has 0 spiro atoms. The van der Waals surface area contributed by atoms with Crippen LogP contribution in [-0.4, -0.2) is 13.1 Å². The van der Waals surface area contributed by atoms with Gasteiger partial charge in [0.2, 0.25) is 5.76 Å². The van der Waals surface area contributed by atoms with Gasteiger partial charge in [0.1, 0.15) is 5.76 Å². The lowest BCUT2D eigenvalue weighted by atomic mass is 9.88. The summed E-state index contributed by atoms with van der Waals surface area (Å²) in [6.45, 7) is 2.09. The molecule has 4 heteroatoms. The molecule has 2 rings (SSSR count). The van der Waals surface area contributed by atoms with Gasteiger partial charge in [0, 0.05) is 5.92 Å². The number of furan rings is 1. The molecular formula is C16H19NO3. The molecule has 1 heterocycles. The molecule has 0 aliphatic heterocycles.